The second-order valence-corrected chi connectivity index (χ2v) is 4.53. The molecule has 1 rings (SSSR count). The van der Waals surface area contributed by atoms with Crippen LogP contribution in [0.3, 0.4) is 0 Å². The highest BCUT2D eigenvalue weighted by Crippen LogP contribution is 2.29. The summed E-state index contributed by atoms with van der Waals surface area (Å²) in [5, 5.41) is 3.45. The minimum absolute atomic E-state index is 0.0498. The van der Waals surface area contributed by atoms with Gasteiger partial charge in [-0.15, -0.1) is 11.3 Å². The van der Waals surface area contributed by atoms with Crippen molar-refractivity contribution in [2.45, 2.75) is 27.2 Å². The summed E-state index contributed by atoms with van der Waals surface area (Å²) >= 11 is 1.47. The summed E-state index contributed by atoms with van der Waals surface area (Å²) in [5.41, 5.74) is 7.43. The number of rotatable bonds is 3. The second kappa shape index (κ2) is 4.46. The van der Waals surface area contributed by atoms with E-state index in [9.17, 15) is 4.79 Å². The van der Waals surface area contributed by atoms with Gasteiger partial charge in [-0.3, -0.25) is 4.79 Å². The Morgan fingerprint density at radius 1 is 1.50 bits per heavy atom. The fourth-order valence-corrected chi connectivity index (χ4v) is 2.20. The van der Waals surface area contributed by atoms with Gasteiger partial charge in [0.25, 0.3) is 5.91 Å². The van der Waals surface area contributed by atoms with Crippen molar-refractivity contribution in [1.82, 2.24) is 5.32 Å². The Morgan fingerprint density at radius 3 is 2.57 bits per heavy atom. The van der Waals surface area contributed by atoms with E-state index in [0.29, 0.717) is 17.1 Å². The molecule has 3 N–H and O–H groups in total. The van der Waals surface area contributed by atoms with Crippen LogP contribution in [-0.4, -0.2) is 12.5 Å². The summed E-state index contributed by atoms with van der Waals surface area (Å²) in [4.78, 5) is 12.8. The minimum atomic E-state index is -0.0498. The standard InChI is InChI=1S/C10H16N2OS/c1-4-5-12-10(13)8-6(2)7(3)14-9(8)11/h4-5,11H2,1-3H3,(H,12,13). The van der Waals surface area contributed by atoms with Crippen LogP contribution in [0.5, 0.6) is 0 Å². The number of nitrogens with one attached hydrogen (secondary N) is 1. The molecule has 0 spiro atoms. The van der Waals surface area contributed by atoms with Crippen LogP contribution in [0.1, 0.15) is 34.1 Å². The number of thiophene rings is 1. The molecule has 0 saturated heterocycles. The second-order valence-electron chi connectivity index (χ2n) is 3.28. The van der Waals surface area contributed by atoms with E-state index in [-0.39, 0.29) is 5.91 Å². The van der Waals surface area contributed by atoms with Crippen molar-refractivity contribution >= 4 is 22.2 Å². The first-order valence-electron chi connectivity index (χ1n) is 4.71. The predicted molar refractivity (Wildman–Crippen MR) is 60.8 cm³/mol. The lowest BCUT2D eigenvalue weighted by Gasteiger charge is -2.03. The number of carbonyl (C=O) groups is 1. The largest absolute Gasteiger partial charge is 0.390 e. The molecule has 4 heteroatoms. The number of aryl methyl sites for hydroxylation is 1. The number of nitrogens with two attached hydrogens (primary N) is 1. The monoisotopic (exact) mass is 212 g/mol. The smallest absolute Gasteiger partial charge is 0.254 e. The van der Waals surface area contributed by atoms with E-state index in [4.69, 9.17) is 5.73 Å². The van der Waals surface area contributed by atoms with Gasteiger partial charge in [-0.05, 0) is 25.8 Å². The first-order valence-corrected chi connectivity index (χ1v) is 5.53. The zero-order valence-corrected chi connectivity index (χ0v) is 9.62. The van der Waals surface area contributed by atoms with Crippen LogP contribution in [0.4, 0.5) is 5.00 Å². The van der Waals surface area contributed by atoms with Gasteiger partial charge in [0.05, 0.1) is 10.6 Å². The molecule has 0 atom stereocenters. The van der Waals surface area contributed by atoms with Crippen molar-refractivity contribution in [3.8, 4) is 0 Å². The Kier molecular flexibility index (Phi) is 3.52. The van der Waals surface area contributed by atoms with Crippen molar-refractivity contribution in [3.63, 3.8) is 0 Å². The maximum absolute atomic E-state index is 11.7. The lowest BCUT2D eigenvalue weighted by atomic mass is 10.1. The van der Waals surface area contributed by atoms with Crippen molar-refractivity contribution in [2.24, 2.45) is 0 Å². The molecule has 3 nitrogen and oxygen atoms in total. The summed E-state index contributed by atoms with van der Waals surface area (Å²) < 4.78 is 0. The third kappa shape index (κ3) is 2.07. The van der Waals surface area contributed by atoms with Gasteiger partial charge in [0.15, 0.2) is 0 Å². The van der Waals surface area contributed by atoms with Gasteiger partial charge in [-0.2, -0.15) is 0 Å². The molecule has 1 heterocycles. The number of nitrogen functional groups attached to an aromatic ring is 1. The molecule has 0 unspecified atom stereocenters. The molecule has 0 saturated carbocycles. The molecule has 0 fully saturated rings. The zero-order valence-electron chi connectivity index (χ0n) is 8.81. The van der Waals surface area contributed by atoms with Crippen molar-refractivity contribution in [2.75, 3.05) is 12.3 Å². The van der Waals surface area contributed by atoms with E-state index >= 15 is 0 Å². The van der Waals surface area contributed by atoms with Crippen LogP contribution in [-0.2, 0) is 0 Å². The molecule has 1 aromatic rings. The molecule has 0 radical (unpaired) electrons. The van der Waals surface area contributed by atoms with Gasteiger partial charge in [0, 0.05) is 11.4 Å². The van der Waals surface area contributed by atoms with Gasteiger partial charge in [0.2, 0.25) is 0 Å². The van der Waals surface area contributed by atoms with Crippen molar-refractivity contribution < 1.29 is 4.79 Å². The van der Waals surface area contributed by atoms with Gasteiger partial charge in [-0.25, -0.2) is 0 Å². The van der Waals surface area contributed by atoms with E-state index < -0.39 is 0 Å². The van der Waals surface area contributed by atoms with Gasteiger partial charge in [-0.1, -0.05) is 6.92 Å². The number of anilines is 1. The third-order valence-electron chi connectivity index (χ3n) is 2.18. The zero-order chi connectivity index (χ0) is 10.7. The summed E-state index contributed by atoms with van der Waals surface area (Å²) in [6.07, 6.45) is 0.938. The Balaban J connectivity index is 2.89. The highest BCUT2D eigenvalue weighted by molar-refractivity contribution is 7.16. The van der Waals surface area contributed by atoms with Gasteiger partial charge >= 0.3 is 0 Å². The molecule has 14 heavy (non-hydrogen) atoms. The molecule has 78 valence electrons. The highest BCUT2D eigenvalue weighted by atomic mass is 32.1. The maximum Gasteiger partial charge on any atom is 0.254 e. The molecule has 0 aromatic carbocycles. The first kappa shape index (κ1) is 11.0. The molecule has 1 amide bonds. The van der Waals surface area contributed by atoms with E-state index in [1.54, 1.807) is 0 Å². The fraction of sp³-hybridized carbons (Fsp3) is 0.500. The normalized spacial score (nSPS) is 10.2. The SMILES string of the molecule is CCCNC(=O)c1c(N)sc(C)c1C. The van der Waals surface area contributed by atoms with Crippen molar-refractivity contribution in [3.05, 3.63) is 16.0 Å². The van der Waals surface area contributed by atoms with Crippen LogP contribution < -0.4 is 11.1 Å². The Labute approximate surface area is 88.3 Å². The average Bonchev–Trinajstić information content (AvgIpc) is 2.38. The van der Waals surface area contributed by atoms with Crippen LogP contribution in [0, 0.1) is 13.8 Å². The number of hydrogen-bond acceptors (Lipinski definition) is 3. The predicted octanol–water partition coefficient (Wildman–Crippen LogP) is 2.09. The van der Waals surface area contributed by atoms with E-state index in [1.807, 2.05) is 20.8 Å². The fourth-order valence-electron chi connectivity index (χ4n) is 1.26. The van der Waals surface area contributed by atoms with Crippen LogP contribution in [0.2, 0.25) is 0 Å². The molecule has 1 aromatic heterocycles. The lowest BCUT2D eigenvalue weighted by molar-refractivity contribution is 0.0954. The Morgan fingerprint density at radius 2 is 2.14 bits per heavy atom. The van der Waals surface area contributed by atoms with E-state index in [2.05, 4.69) is 5.32 Å². The summed E-state index contributed by atoms with van der Waals surface area (Å²) in [6.45, 7) is 6.64. The minimum Gasteiger partial charge on any atom is -0.390 e. The quantitative estimate of drug-likeness (QED) is 0.806. The van der Waals surface area contributed by atoms with E-state index in [1.165, 1.54) is 11.3 Å². The number of hydrogen-bond donors (Lipinski definition) is 2. The molecular formula is C10H16N2OS. The Hall–Kier alpha value is -1.03. The number of carbonyl (C=O) groups excluding carboxylic acids is 1. The van der Waals surface area contributed by atoms with Crippen molar-refractivity contribution in [1.29, 1.82) is 0 Å². The topological polar surface area (TPSA) is 55.1 Å². The number of amides is 1. The molecular weight excluding hydrogens is 196 g/mol. The van der Waals surface area contributed by atoms with Crippen LogP contribution in [0.15, 0.2) is 0 Å². The van der Waals surface area contributed by atoms with Crippen LogP contribution in [0.25, 0.3) is 0 Å². The first-order chi connectivity index (χ1) is 6.57. The summed E-state index contributed by atoms with van der Waals surface area (Å²) in [7, 11) is 0. The van der Waals surface area contributed by atoms with Gasteiger partial charge < -0.3 is 11.1 Å². The third-order valence-corrected chi connectivity index (χ3v) is 3.21. The lowest BCUT2D eigenvalue weighted by Crippen LogP contribution is -2.24. The molecule has 0 aliphatic carbocycles. The molecule has 0 aliphatic heterocycles. The van der Waals surface area contributed by atoms with Crippen LogP contribution >= 0.6 is 11.3 Å². The maximum atomic E-state index is 11.7. The van der Waals surface area contributed by atoms with Gasteiger partial charge in [0.1, 0.15) is 0 Å². The summed E-state index contributed by atoms with van der Waals surface area (Å²) in [6, 6.07) is 0. The van der Waals surface area contributed by atoms with E-state index in [0.717, 1.165) is 16.9 Å². The highest BCUT2D eigenvalue weighted by Gasteiger charge is 2.16. The Bertz CT molecular complexity index is 344. The average molecular weight is 212 g/mol. The molecule has 0 bridgehead atoms. The molecule has 0 aliphatic rings. The summed E-state index contributed by atoms with van der Waals surface area (Å²) in [5.74, 6) is -0.0498.